The van der Waals surface area contributed by atoms with Crippen LogP contribution in [0.4, 0.5) is 0 Å². The highest BCUT2D eigenvalue weighted by Crippen LogP contribution is 2.12. The third-order valence-corrected chi connectivity index (χ3v) is 4.22. The molecule has 1 atom stereocenters. The van der Waals surface area contributed by atoms with Gasteiger partial charge in [0.05, 0.1) is 5.69 Å². The smallest absolute Gasteiger partial charge is 0.0641 e. The van der Waals surface area contributed by atoms with Crippen molar-refractivity contribution in [1.29, 1.82) is 0 Å². The van der Waals surface area contributed by atoms with Crippen molar-refractivity contribution in [2.75, 3.05) is 26.2 Å². The van der Waals surface area contributed by atoms with Gasteiger partial charge in [-0.25, -0.2) is 0 Å². The lowest BCUT2D eigenvalue weighted by Gasteiger charge is -2.20. The van der Waals surface area contributed by atoms with E-state index < -0.39 is 0 Å². The minimum atomic E-state index is 0.718. The average Bonchev–Trinajstić information content (AvgIpc) is 2.93. The Morgan fingerprint density at radius 2 is 1.95 bits per heavy atom. The molecular weight excluding hydrogens is 236 g/mol. The van der Waals surface area contributed by atoms with Gasteiger partial charge in [0, 0.05) is 31.4 Å². The molecule has 1 aliphatic rings. The molecule has 2 heterocycles. The lowest BCUT2D eigenvalue weighted by molar-refractivity contribution is 0.282. The lowest BCUT2D eigenvalue weighted by atomic mass is 10.1. The molecule has 1 aromatic heterocycles. The van der Waals surface area contributed by atoms with E-state index in [4.69, 9.17) is 0 Å². The summed E-state index contributed by atoms with van der Waals surface area (Å²) < 4.78 is 1.97. The van der Waals surface area contributed by atoms with E-state index in [1.807, 2.05) is 11.7 Å². The Labute approximate surface area is 117 Å². The first-order valence-corrected chi connectivity index (χ1v) is 7.50. The topological polar surface area (TPSA) is 33.1 Å². The molecule has 2 rings (SSSR count). The second-order valence-corrected chi connectivity index (χ2v) is 6.02. The van der Waals surface area contributed by atoms with Gasteiger partial charge in [0.15, 0.2) is 0 Å². The van der Waals surface area contributed by atoms with Crippen molar-refractivity contribution < 1.29 is 0 Å². The summed E-state index contributed by atoms with van der Waals surface area (Å²) >= 11 is 0. The standard InChI is InChI=1S/C15H28N4/c1-12(11-19-7-5-6-8-19)9-16-10-15-13(2)17-18(4)14(15)3/h12,16H,5-11H2,1-4H3. The minimum absolute atomic E-state index is 0.718. The zero-order valence-electron chi connectivity index (χ0n) is 12.9. The zero-order valence-corrected chi connectivity index (χ0v) is 12.9. The third-order valence-electron chi connectivity index (χ3n) is 4.22. The number of aromatic nitrogens is 2. The predicted octanol–water partition coefficient (Wildman–Crippen LogP) is 1.86. The summed E-state index contributed by atoms with van der Waals surface area (Å²) in [5, 5.41) is 8.05. The molecule has 4 nitrogen and oxygen atoms in total. The first-order chi connectivity index (χ1) is 9.08. The van der Waals surface area contributed by atoms with E-state index in [0.717, 1.165) is 24.7 Å². The van der Waals surface area contributed by atoms with Crippen LogP contribution in [0.15, 0.2) is 0 Å². The van der Waals surface area contributed by atoms with Crippen LogP contribution >= 0.6 is 0 Å². The molecule has 1 aromatic rings. The number of aryl methyl sites for hydroxylation is 2. The van der Waals surface area contributed by atoms with Crippen LogP contribution in [0, 0.1) is 19.8 Å². The predicted molar refractivity (Wildman–Crippen MR) is 79.2 cm³/mol. The van der Waals surface area contributed by atoms with Gasteiger partial charge in [0.25, 0.3) is 0 Å². The van der Waals surface area contributed by atoms with E-state index in [2.05, 4.69) is 36.1 Å². The van der Waals surface area contributed by atoms with E-state index in [9.17, 15) is 0 Å². The Kier molecular flexibility index (Phi) is 4.99. The van der Waals surface area contributed by atoms with Gasteiger partial charge in [-0.05, 0) is 52.2 Å². The number of likely N-dealkylation sites (tertiary alicyclic amines) is 1. The number of nitrogens with one attached hydrogen (secondary N) is 1. The molecule has 0 bridgehead atoms. The molecule has 0 saturated carbocycles. The number of nitrogens with zero attached hydrogens (tertiary/aromatic N) is 3. The van der Waals surface area contributed by atoms with Gasteiger partial charge < -0.3 is 10.2 Å². The summed E-state index contributed by atoms with van der Waals surface area (Å²) in [6.45, 7) is 12.4. The lowest BCUT2D eigenvalue weighted by Crippen LogP contribution is -2.31. The van der Waals surface area contributed by atoms with Crippen LogP contribution in [0.1, 0.15) is 36.7 Å². The fourth-order valence-corrected chi connectivity index (χ4v) is 2.99. The highest BCUT2D eigenvalue weighted by molar-refractivity contribution is 5.23. The molecule has 1 N–H and O–H groups in total. The van der Waals surface area contributed by atoms with Crippen molar-refractivity contribution in [3.8, 4) is 0 Å². The van der Waals surface area contributed by atoms with Crippen LogP contribution in [-0.4, -0.2) is 40.9 Å². The van der Waals surface area contributed by atoms with Crippen molar-refractivity contribution in [3.05, 3.63) is 17.0 Å². The van der Waals surface area contributed by atoms with Gasteiger partial charge in [-0.1, -0.05) is 6.92 Å². The fourth-order valence-electron chi connectivity index (χ4n) is 2.99. The van der Waals surface area contributed by atoms with Crippen LogP contribution in [0.2, 0.25) is 0 Å². The van der Waals surface area contributed by atoms with Gasteiger partial charge in [0.2, 0.25) is 0 Å². The second kappa shape index (κ2) is 6.53. The zero-order chi connectivity index (χ0) is 13.8. The molecule has 1 unspecified atom stereocenters. The molecule has 0 radical (unpaired) electrons. The number of rotatable bonds is 6. The molecule has 4 heteroatoms. The molecule has 0 amide bonds. The van der Waals surface area contributed by atoms with E-state index in [1.165, 1.54) is 43.7 Å². The first-order valence-electron chi connectivity index (χ1n) is 7.50. The molecule has 108 valence electrons. The Hall–Kier alpha value is -0.870. The minimum Gasteiger partial charge on any atom is -0.312 e. The molecule has 0 aromatic carbocycles. The van der Waals surface area contributed by atoms with E-state index in [1.54, 1.807) is 0 Å². The van der Waals surface area contributed by atoms with Gasteiger partial charge in [-0.2, -0.15) is 5.10 Å². The summed E-state index contributed by atoms with van der Waals surface area (Å²) in [5.74, 6) is 0.718. The Morgan fingerprint density at radius 1 is 1.26 bits per heavy atom. The maximum Gasteiger partial charge on any atom is 0.0641 e. The quantitative estimate of drug-likeness (QED) is 0.851. The van der Waals surface area contributed by atoms with Crippen LogP contribution in [-0.2, 0) is 13.6 Å². The van der Waals surface area contributed by atoms with Gasteiger partial charge >= 0.3 is 0 Å². The SMILES string of the molecule is Cc1nn(C)c(C)c1CNCC(C)CN1CCCC1. The highest BCUT2D eigenvalue weighted by atomic mass is 15.3. The molecular formula is C15H28N4. The van der Waals surface area contributed by atoms with Crippen molar-refractivity contribution in [2.24, 2.45) is 13.0 Å². The van der Waals surface area contributed by atoms with Crippen LogP contribution < -0.4 is 5.32 Å². The summed E-state index contributed by atoms with van der Waals surface area (Å²) in [6.07, 6.45) is 2.77. The fraction of sp³-hybridized carbons (Fsp3) is 0.800. The van der Waals surface area contributed by atoms with E-state index in [0.29, 0.717) is 0 Å². The summed E-state index contributed by atoms with van der Waals surface area (Å²) in [5.41, 5.74) is 3.78. The molecule has 1 saturated heterocycles. The summed E-state index contributed by atoms with van der Waals surface area (Å²) in [7, 11) is 2.02. The molecule has 1 fully saturated rings. The summed E-state index contributed by atoms with van der Waals surface area (Å²) in [4.78, 5) is 2.59. The maximum atomic E-state index is 4.46. The van der Waals surface area contributed by atoms with Crippen molar-refractivity contribution in [2.45, 2.75) is 40.2 Å². The molecule has 0 aliphatic carbocycles. The normalized spacial score (nSPS) is 18.1. The highest BCUT2D eigenvalue weighted by Gasteiger charge is 2.15. The van der Waals surface area contributed by atoms with E-state index >= 15 is 0 Å². The van der Waals surface area contributed by atoms with Crippen LogP contribution in [0.25, 0.3) is 0 Å². The summed E-state index contributed by atoms with van der Waals surface area (Å²) in [6, 6.07) is 0. The Balaban J connectivity index is 1.73. The monoisotopic (exact) mass is 264 g/mol. The molecule has 0 spiro atoms. The van der Waals surface area contributed by atoms with Crippen molar-refractivity contribution in [1.82, 2.24) is 20.0 Å². The Bertz CT molecular complexity index is 405. The Morgan fingerprint density at radius 3 is 2.53 bits per heavy atom. The number of hydrogen-bond acceptors (Lipinski definition) is 3. The van der Waals surface area contributed by atoms with Crippen molar-refractivity contribution >= 4 is 0 Å². The number of hydrogen-bond donors (Lipinski definition) is 1. The van der Waals surface area contributed by atoms with Gasteiger partial charge in [-0.15, -0.1) is 0 Å². The second-order valence-electron chi connectivity index (χ2n) is 6.02. The first kappa shape index (κ1) is 14.5. The molecule has 19 heavy (non-hydrogen) atoms. The van der Waals surface area contributed by atoms with Crippen LogP contribution in [0.5, 0.6) is 0 Å². The largest absolute Gasteiger partial charge is 0.312 e. The maximum absolute atomic E-state index is 4.46. The van der Waals surface area contributed by atoms with Gasteiger partial charge in [0.1, 0.15) is 0 Å². The van der Waals surface area contributed by atoms with Crippen molar-refractivity contribution in [3.63, 3.8) is 0 Å². The molecule has 1 aliphatic heterocycles. The van der Waals surface area contributed by atoms with E-state index in [-0.39, 0.29) is 0 Å². The third kappa shape index (κ3) is 3.80. The van der Waals surface area contributed by atoms with Crippen LogP contribution in [0.3, 0.4) is 0 Å². The average molecular weight is 264 g/mol. The van der Waals surface area contributed by atoms with Gasteiger partial charge in [-0.3, -0.25) is 4.68 Å².